The van der Waals surface area contributed by atoms with Crippen LogP contribution in [0.3, 0.4) is 0 Å². The van der Waals surface area contributed by atoms with Crippen LogP contribution in [0.4, 0.5) is 5.00 Å². The van der Waals surface area contributed by atoms with Crippen molar-refractivity contribution >= 4 is 22.2 Å². The van der Waals surface area contributed by atoms with Gasteiger partial charge in [0.15, 0.2) is 0 Å². The summed E-state index contributed by atoms with van der Waals surface area (Å²) in [6, 6.07) is 4.18. The fourth-order valence-corrected chi connectivity index (χ4v) is 3.80. The van der Waals surface area contributed by atoms with Crippen LogP contribution >= 0.6 is 11.3 Å². The maximum absolute atomic E-state index is 12.1. The van der Waals surface area contributed by atoms with Crippen molar-refractivity contribution < 1.29 is 4.79 Å². The van der Waals surface area contributed by atoms with E-state index in [9.17, 15) is 4.79 Å². The molecule has 1 aliphatic carbocycles. The van der Waals surface area contributed by atoms with Crippen LogP contribution < -0.4 is 11.1 Å². The van der Waals surface area contributed by atoms with Crippen LogP contribution in [-0.4, -0.2) is 37.0 Å². The van der Waals surface area contributed by atoms with Gasteiger partial charge in [0.1, 0.15) is 11.1 Å². The van der Waals surface area contributed by atoms with Gasteiger partial charge in [-0.1, -0.05) is 12.8 Å². The second-order valence-corrected chi connectivity index (χ2v) is 6.50. The first-order valence-electron chi connectivity index (χ1n) is 7.33. The minimum Gasteiger partial charge on any atom is -0.330 e. The molecular formula is C15H22N4OS. The summed E-state index contributed by atoms with van der Waals surface area (Å²) >= 11 is 1.38. The number of nitriles is 1. The van der Waals surface area contributed by atoms with Crippen molar-refractivity contribution in [2.45, 2.75) is 31.7 Å². The zero-order valence-corrected chi connectivity index (χ0v) is 13.2. The highest BCUT2D eigenvalue weighted by molar-refractivity contribution is 7.14. The molecular weight excluding hydrogens is 284 g/mol. The van der Waals surface area contributed by atoms with Crippen molar-refractivity contribution in [1.82, 2.24) is 4.90 Å². The molecule has 5 nitrogen and oxygen atoms in total. The van der Waals surface area contributed by atoms with Crippen LogP contribution in [0.25, 0.3) is 0 Å². The Labute approximate surface area is 129 Å². The van der Waals surface area contributed by atoms with Crippen LogP contribution in [0.2, 0.25) is 0 Å². The number of nitrogens with one attached hydrogen (secondary N) is 1. The number of hydrogen-bond acceptors (Lipinski definition) is 5. The Hall–Kier alpha value is -1.42. The summed E-state index contributed by atoms with van der Waals surface area (Å²) in [7, 11) is 1.98. The highest BCUT2D eigenvalue weighted by Gasteiger charge is 2.28. The standard InChI is InChI=1S/C15H22N4OS/c1-19(13-5-3-2-4-11(13)8-16)10-14(20)18-15-12(9-17)6-7-21-15/h6-7,11,13H,2-5,8,10,16H2,1H3,(H,18,20). The largest absolute Gasteiger partial charge is 0.330 e. The first kappa shape index (κ1) is 16.0. The maximum atomic E-state index is 12.1. The average Bonchev–Trinajstić information content (AvgIpc) is 2.94. The third-order valence-corrected chi connectivity index (χ3v) is 5.00. The third-order valence-electron chi connectivity index (χ3n) is 4.17. The van der Waals surface area contributed by atoms with Gasteiger partial charge in [-0.3, -0.25) is 9.69 Å². The summed E-state index contributed by atoms with van der Waals surface area (Å²) in [5.41, 5.74) is 6.37. The van der Waals surface area contributed by atoms with E-state index in [0.29, 0.717) is 35.6 Å². The van der Waals surface area contributed by atoms with Gasteiger partial charge in [0.05, 0.1) is 12.1 Å². The molecule has 6 heteroatoms. The number of hydrogen-bond donors (Lipinski definition) is 2. The number of amides is 1. The second-order valence-electron chi connectivity index (χ2n) is 5.59. The summed E-state index contributed by atoms with van der Waals surface area (Å²) in [4.78, 5) is 14.2. The second kappa shape index (κ2) is 7.55. The fourth-order valence-electron chi connectivity index (χ4n) is 3.05. The fraction of sp³-hybridized carbons (Fsp3) is 0.600. The number of anilines is 1. The molecule has 1 saturated carbocycles. The Bertz CT molecular complexity index is 522. The number of nitrogens with zero attached hydrogens (tertiary/aromatic N) is 2. The number of nitrogens with two attached hydrogens (primary N) is 1. The van der Waals surface area contributed by atoms with Crippen LogP contribution in [-0.2, 0) is 4.79 Å². The van der Waals surface area contributed by atoms with Crippen molar-refractivity contribution in [3.8, 4) is 6.07 Å². The van der Waals surface area contributed by atoms with Crippen molar-refractivity contribution in [2.75, 3.05) is 25.5 Å². The molecule has 1 amide bonds. The molecule has 2 unspecified atom stereocenters. The molecule has 0 spiro atoms. The Morgan fingerprint density at radius 2 is 2.33 bits per heavy atom. The molecule has 3 N–H and O–H groups in total. The van der Waals surface area contributed by atoms with Gasteiger partial charge in [0, 0.05) is 6.04 Å². The van der Waals surface area contributed by atoms with E-state index < -0.39 is 0 Å². The summed E-state index contributed by atoms with van der Waals surface area (Å²) in [5.74, 6) is 0.408. The van der Waals surface area contributed by atoms with Gasteiger partial charge >= 0.3 is 0 Å². The predicted octanol–water partition coefficient (Wildman–Crippen LogP) is 2.01. The number of thiophene rings is 1. The van der Waals surface area contributed by atoms with Gasteiger partial charge in [-0.15, -0.1) is 11.3 Å². The Kier molecular flexibility index (Phi) is 5.74. The van der Waals surface area contributed by atoms with Crippen molar-refractivity contribution in [3.05, 3.63) is 17.0 Å². The van der Waals surface area contributed by atoms with Gasteiger partial charge in [0.2, 0.25) is 5.91 Å². The van der Waals surface area contributed by atoms with E-state index in [1.165, 1.54) is 24.2 Å². The van der Waals surface area contributed by atoms with E-state index in [4.69, 9.17) is 11.0 Å². The van der Waals surface area contributed by atoms with Crippen molar-refractivity contribution in [3.63, 3.8) is 0 Å². The van der Waals surface area contributed by atoms with Crippen LogP contribution in [0, 0.1) is 17.2 Å². The molecule has 0 aliphatic heterocycles. The lowest BCUT2D eigenvalue weighted by molar-refractivity contribution is -0.117. The number of carbonyl (C=O) groups excluding carboxylic acids is 1. The topological polar surface area (TPSA) is 82.2 Å². The summed E-state index contributed by atoms with van der Waals surface area (Å²) in [5, 5.41) is 14.2. The molecule has 1 heterocycles. The van der Waals surface area contributed by atoms with E-state index in [0.717, 1.165) is 12.8 Å². The lowest BCUT2D eigenvalue weighted by atomic mass is 9.84. The third kappa shape index (κ3) is 4.03. The molecule has 114 valence electrons. The van der Waals surface area contributed by atoms with Gasteiger partial charge < -0.3 is 11.1 Å². The SMILES string of the molecule is CN(CC(=O)Nc1sccc1C#N)C1CCCCC1CN. The smallest absolute Gasteiger partial charge is 0.239 e. The zero-order chi connectivity index (χ0) is 15.2. The Balaban J connectivity index is 1.91. The molecule has 0 saturated heterocycles. The van der Waals surface area contributed by atoms with Gasteiger partial charge in [0.25, 0.3) is 0 Å². The quantitative estimate of drug-likeness (QED) is 0.872. The predicted molar refractivity (Wildman–Crippen MR) is 85.1 cm³/mol. The molecule has 1 aliphatic rings. The Morgan fingerprint density at radius 3 is 3.05 bits per heavy atom. The first-order valence-corrected chi connectivity index (χ1v) is 8.21. The van der Waals surface area contributed by atoms with E-state index >= 15 is 0 Å². The van der Waals surface area contributed by atoms with Crippen LogP contribution in [0.1, 0.15) is 31.2 Å². The normalized spacial score (nSPS) is 22.0. The number of carbonyl (C=O) groups is 1. The average molecular weight is 306 g/mol. The lowest BCUT2D eigenvalue weighted by Crippen LogP contribution is -2.45. The van der Waals surface area contributed by atoms with E-state index in [2.05, 4.69) is 16.3 Å². The summed E-state index contributed by atoms with van der Waals surface area (Å²) < 4.78 is 0. The van der Waals surface area contributed by atoms with E-state index in [-0.39, 0.29) is 5.91 Å². The molecule has 2 atom stereocenters. The molecule has 1 fully saturated rings. The van der Waals surface area contributed by atoms with Crippen LogP contribution in [0.15, 0.2) is 11.4 Å². The molecule has 0 radical (unpaired) electrons. The van der Waals surface area contributed by atoms with Gasteiger partial charge in [-0.25, -0.2) is 0 Å². The minimum absolute atomic E-state index is 0.0715. The summed E-state index contributed by atoms with van der Waals surface area (Å²) in [6.45, 7) is 1.02. The molecule has 1 aromatic heterocycles. The highest BCUT2D eigenvalue weighted by atomic mass is 32.1. The molecule has 0 bridgehead atoms. The zero-order valence-electron chi connectivity index (χ0n) is 12.3. The number of rotatable bonds is 5. The highest BCUT2D eigenvalue weighted by Crippen LogP contribution is 2.27. The maximum Gasteiger partial charge on any atom is 0.239 e. The van der Waals surface area contributed by atoms with E-state index in [1.54, 1.807) is 6.07 Å². The van der Waals surface area contributed by atoms with Gasteiger partial charge in [-0.2, -0.15) is 5.26 Å². The minimum atomic E-state index is -0.0715. The molecule has 2 rings (SSSR count). The molecule has 1 aromatic rings. The van der Waals surface area contributed by atoms with Crippen LogP contribution in [0.5, 0.6) is 0 Å². The van der Waals surface area contributed by atoms with E-state index in [1.807, 2.05) is 12.4 Å². The van der Waals surface area contributed by atoms with Crippen molar-refractivity contribution in [2.24, 2.45) is 11.7 Å². The Morgan fingerprint density at radius 1 is 1.57 bits per heavy atom. The van der Waals surface area contributed by atoms with Crippen molar-refractivity contribution in [1.29, 1.82) is 5.26 Å². The van der Waals surface area contributed by atoms with Gasteiger partial charge in [-0.05, 0) is 43.8 Å². The lowest BCUT2D eigenvalue weighted by Gasteiger charge is -2.37. The number of likely N-dealkylation sites (N-methyl/N-ethyl adjacent to an activating group) is 1. The summed E-state index contributed by atoms with van der Waals surface area (Å²) in [6.07, 6.45) is 4.69. The molecule has 0 aromatic carbocycles. The monoisotopic (exact) mass is 306 g/mol. The molecule has 21 heavy (non-hydrogen) atoms. The first-order chi connectivity index (χ1) is 10.2.